The summed E-state index contributed by atoms with van der Waals surface area (Å²) in [7, 11) is -3.40. The van der Waals surface area contributed by atoms with Gasteiger partial charge in [-0.25, -0.2) is 22.2 Å². The lowest BCUT2D eigenvalue weighted by atomic mass is 10.1. The van der Waals surface area contributed by atoms with Gasteiger partial charge in [0.25, 0.3) is 0 Å². The van der Waals surface area contributed by atoms with E-state index >= 15 is 0 Å². The van der Waals surface area contributed by atoms with E-state index in [1.165, 1.54) is 23.1 Å². The Hall–Kier alpha value is -2.14. The first kappa shape index (κ1) is 29.1. The molecule has 0 N–H and O–H groups in total. The monoisotopic (exact) mass is 545 g/mol. The molecule has 0 saturated heterocycles. The van der Waals surface area contributed by atoms with Gasteiger partial charge in [0.1, 0.15) is 11.3 Å². The number of anilines is 1. The predicted octanol–water partition coefficient (Wildman–Crippen LogP) is 5.10. The summed E-state index contributed by atoms with van der Waals surface area (Å²) in [4.78, 5) is 21.5. The van der Waals surface area contributed by atoms with Crippen molar-refractivity contribution in [2.45, 2.75) is 44.3 Å². The number of hydrogen-bond acceptors (Lipinski definition) is 6. The van der Waals surface area contributed by atoms with Gasteiger partial charge in [-0.2, -0.15) is 0 Å². The molecular weight excluding hydrogens is 516 g/mol. The first-order valence-electron chi connectivity index (χ1n) is 11.2. The van der Waals surface area contributed by atoms with Crippen LogP contribution in [0.1, 0.15) is 33.3 Å². The topological polar surface area (TPSA) is 70.6 Å². The first-order chi connectivity index (χ1) is 16.1. The maximum atomic E-state index is 14.2. The average Bonchev–Trinajstić information content (AvgIpc) is 3.21. The molecule has 6 nitrogen and oxygen atoms in total. The van der Waals surface area contributed by atoms with Crippen molar-refractivity contribution < 1.29 is 22.0 Å². The minimum absolute atomic E-state index is 0. The van der Waals surface area contributed by atoms with Gasteiger partial charge in [-0.1, -0.05) is 37.3 Å². The summed E-state index contributed by atoms with van der Waals surface area (Å²) in [6.07, 6.45) is 0.0209. The van der Waals surface area contributed by atoms with Crippen LogP contribution < -0.4 is 4.90 Å². The van der Waals surface area contributed by atoms with Crippen molar-refractivity contribution in [3.05, 3.63) is 53.6 Å². The fourth-order valence-corrected chi connectivity index (χ4v) is 5.62. The molecule has 192 valence electrons. The van der Waals surface area contributed by atoms with Crippen molar-refractivity contribution in [3.8, 4) is 0 Å². The fourth-order valence-electron chi connectivity index (χ4n) is 3.51. The molecule has 1 amide bonds. The molecule has 0 fully saturated rings. The molecule has 11 heteroatoms. The third-order valence-corrected chi connectivity index (χ3v) is 8.89. The highest BCUT2D eigenvalue weighted by atomic mass is 35.5. The molecule has 0 bridgehead atoms. The van der Waals surface area contributed by atoms with Crippen LogP contribution in [0.2, 0.25) is 0 Å². The largest absolute Gasteiger partial charge is 0.302 e. The minimum Gasteiger partial charge on any atom is -0.302 e. The quantitative estimate of drug-likeness (QED) is 0.355. The van der Waals surface area contributed by atoms with Crippen molar-refractivity contribution in [3.63, 3.8) is 0 Å². The van der Waals surface area contributed by atoms with E-state index in [-0.39, 0.29) is 35.1 Å². The summed E-state index contributed by atoms with van der Waals surface area (Å²) >= 11 is 1.06. The van der Waals surface area contributed by atoms with Gasteiger partial charge in [0.2, 0.25) is 5.91 Å². The summed E-state index contributed by atoms with van der Waals surface area (Å²) < 4.78 is 52.9. The Balaban J connectivity index is 0.00000432. The van der Waals surface area contributed by atoms with Gasteiger partial charge in [0, 0.05) is 19.2 Å². The van der Waals surface area contributed by atoms with E-state index in [2.05, 4.69) is 9.88 Å². The second kappa shape index (κ2) is 12.2. The molecule has 0 unspecified atom stereocenters. The van der Waals surface area contributed by atoms with Gasteiger partial charge in [0.05, 0.1) is 21.3 Å². The van der Waals surface area contributed by atoms with Gasteiger partial charge in [-0.15, -0.1) is 12.4 Å². The summed E-state index contributed by atoms with van der Waals surface area (Å²) in [5.41, 5.74) is 0.684. The number of nitrogens with zero attached hydrogens (tertiary/aromatic N) is 3. The van der Waals surface area contributed by atoms with Crippen molar-refractivity contribution >= 4 is 54.8 Å². The molecule has 35 heavy (non-hydrogen) atoms. The average molecular weight is 546 g/mol. The summed E-state index contributed by atoms with van der Waals surface area (Å²) in [5.74, 6) is -1.72. The lowest BCUT2D eigenvalue weighted by Gasteiger charge is -2.24. The van der Waals surface area contributed by atoms with Crippen LogP contribution in [-0.2, 0) is 21.1 Å². The highest BCUT2D eigenvalue weighted by Gasteiger charge is 2.23. The van der Waals surface area contributed by atoms with Crippen molar-refractivity contribution in [2.24, 2.45) is 0 Å². The lowest BCUT2D eigenvalue weighted by Crippen LogP contribution is -2.39. The van der Waals surface area contributed by atoms with Gasteiger partial charge in [-0.05, 0) is 50.7 Å². The zero-order valence-electron chi connectivity index (χ0n) is 20.1. The number of rotatable bonds is 10. The molecular formula is C24H30ClF2N3O3S2. The molecule has 0 aliphatic rings. The Morgan fingerprint density at radius 3 is 2.26 bits per heavy atom. The molecule has 0 saturated carbocycles. The number of hydrogen-bond donors (Lipinski definition) is 0. The van der Waals surface area contributed by atoms with Crippen LogP contribution in [0.4, 0.5) is 13.9 Å². The van der Waals surface area contributed by atoms with Gasteiger partial charge >= 0.3 is 0 Å². The highest BCUT2D eigenvalue weighted by molar-refractivity contribution is 7.92. The maximum absolute atomic E-state index is 14.2. The fraction of sp³-hybridized carbons (Fsp3) is 0.417. The standard InChI is InChI=1S/C24H29F2N3O3S2.ClH/c1-5-28(6-2)11-12-29(24-27-23-20(26)14-18(25)15-21(23)33-24)22(30)13-17-7-9-19(10-8-17)34(31,32)16(3)4;/h7-10,14-16H,5-6,11-13H2,1-4H3;1H. The third kappa shape index (κ3) is 6.75. The molecule has 0 atom stereocenters. The summed E-state index contributed by atoms with van der Waals surface area (Å²) in [5, 5.41) is -0.240. The second-order valence-electron chi connectivity index (χ2n) is 8.22. The number of sulfone groups is 1. The molecule has 0 radical (unpaired) electrons. The van der Waals surface area contributed by atoms with Gasteiger partial charge in [-0.3, -0.25) is 9.69 Å². The van der Waals surface area contributed by atoms with E-state index in [9.17, 15) is 22.0 Å². The van der Waals surface area contributed by atoms with E-state index in [0.29, 0.717) is 28.5 Å². The summed E-state index contributed by atoms with van der Waals surface area (Å²) in [6.45, 7) is 9.84. The number of benzene rings is 2. The summed E-state index contributed by atoms with van der Waals surface area (Å²) in [6, 6.07) is 8.26. The number of carbonyl (C=O) groups excluding carboxylic acids is 1. The maximum Gasteiger partial charge on any atom is 0.233 e. The van der Waals surface area contributed by atoms with Crippen LogP contribution >= 0.6 is 23.7 Å². The lowest BCUT2D eigenvalue weighted by molar-refractivity contribution is -0.118. The van der Waals surface area contributed by atoms with Crippen LogP contribution in [-0.4, -0.2) is 55.6 Å². The van der Waals surface area contributed by atoms with E-state index in [0.717, 1.165) is 30.5 Å². The Labute approximate surface area is 215 Å². The Morgan fingerprint density at radius 2 is 1.69 bits per heavy atom. The number of likely N-dealkylation sites (N-methyl/N-ethyl adjacent to an activating group) is 1. The van der Waals surface area contributed by atoms with E-state index in [1.807, 2.05) is 13.8 Å². The second-order valence-corrected chi connectivity index (χ2v) is 11.7. The van der Waals surface area contributed by atoms with Crippen LogP contribution in [0.5, 0.6) is 0 Å². The van der Waals surface area contributed by atoms with Crippen LogP contribution in [0.25, 0.3) is 10.2 Å². The molecule has 2 aromatic carbocycles. The van der Waals surface area contributed by atoms with E-state index in [4.69, 9.17) is 0 Å². The predicted molar refractivity (Wildman–Crippen MR) is 139 cm³/mol. The smallest absolute Gasteiger partial charge is 0.233 e. The number of fused-ring (bicyclic) bond motifs is 1. The molecule has 1 heterocycles. The van der Waals surface area contributed by atoms with Crippen LogP contribution in [0.15, 0.2) is 41.3 Å². The molecule has 0 aliphatic carbocycles. The minimum atomic E-state index is -3.40. The highest BCUT2D eigenvalue weighted by Crippen LogP contribution is 2.31. The van der Waals surface area contributed by atoms with E-state index < -0.39 is 26.7 Å². The third-order valence-electron chi connectivity index (χ3n) is 5.70. The zero-order valence-corrected chi connectivity index (χ0v) is 22.6. The SMILES string of the molecule is CCN(CC)CCN(C(=O)Cc1ccc(S(=O)(=O)C(C)C)cc1)c1nc2c(F)cc(F)cc2s1.Cl. The molecule has 0 spiro atoms. The normalized spacial score (nSPS) is 11.8. The van der Waals surface area contributed by atoms with Gasteiger partial charge in [0.15, 0.2) is 20.8 Å². The van der Waals surface area contributed by atoms with Crippen molar-refractivity contribution in [2.75, 3.05) is 31.1 Å². The number of amides is 1. The number of carbonyl (C=O) groups is 1. The molecule has 3 rings (SSSR count). The Morgan fingerprint density at radius 1 is 1.06 bits per heavy atom. The van der Waals surface area contributed by atoms with Crippen LogP contribution in [0, 0.1) is 11.6 Å². The van der Waals surface area contributed by atoms with E-state index in [1.54, 1.807) is 26.0 Å². The Kier molecular flexibility index (Phi) is 10.1. The molecule has 1 aromatic heterocycles. The number of halogens is 3. The van der Waals surface area contributed by atoms with Crippen LogP contribution in [0.3, 0.4) is 0 Å². The number of aromatic nitrogens is 1. The number of thiazole rings is 1. The van der Waals surface area contributed by atoms with Gasteiger partial charge < -0.3 is 4.90 Å². The van der Waals surface area contributed by atoms with Crippen molar-refractivity contribution in [1.29, 1.82) is 0 Å². The molecule has 0 aliphatic heterocycles. The van der Waals surface area contributed by atoms with Crippen molar-refractivity contribution in [1.82, 2.24) is 9.88 Å². The molecule has 3 aromatic rings. The first-order valence-corrected chi connectivity index (χ1v) is 13.5. The zero-order chi connectivity index (χ0) is 25.0. The Bertz CT molecular complexity index is 1260.